The SMILES string of the molecule is CC.CCN1CCOCC1.CNC(=O)C(CCC=O)N1Cc2c(cc(F)cc2OCc2ccccc2F)CO1. The quantitative estimate of drug-likeness (QED) is 0.469. The van der Waals surface area contributed by atoms with Crippen LogP contribution in [0.1, 0.15) is 50.3 Å². The number of hydroxylamine groups is 2. The Hall–Kier alpha value is -2.92. The van der Waals surface area contributed by atoms with Crippen LogP contribution in [0.4, 0.5) is 8.78 Å². The van der Waals surface area contributed by atoms with Crippen LogP contribution in [0, 0.1) is 11.6 Å². The van der Waals surface area contributed by atoms with E-state index in [0.717, 1.165) is 32.6 Å². The van der Waals surface area contributed by atoms with Gasteiger partial charge in [0.25, 0.3) is 0 Å². The van der Waals surface area contributed by atoms with Crippen LogP contribution < -0.4 is 10.1 Å². The fourth-order valence-corrected chi connectivity index (χ4v) is 4.14. The number of carbonyl (C=O) groups is 2. The van der Waals surface area contributed by atoms with Crippen LogP contribution in [0.15, 0.2) is 36.4 Å². The smallest absolute Gasteiger partial charge is 0.239 e. The molecule has 2 aliphatic rings. The minimum atomic E-state index is -0.678. The van der Waals surface area contributed by atoms with E-state index in [1.54, 1.807) is 18.2 Å². The number of fused-ring (bicyclic) bond motifs is 1. The number of aldehydes is 1. The monoisotopic (exact) mass is 549 g/mol. The minimum Gasteiger partial charge on any atom is -0.488 e. The van der Waals surface area contributed by atoms with E-state index in [1.165, 1.54) is 36.9 Å². The highest BCUT2D eigenvalue weighted by atomic mass is 19.1. The first-order valence-electron chi connectivity index (χ1n) is 13.5. The van der Waals surface area contributed by atoms with E-state index in [2.05, 4.69) is 17.1 Å². The summed E-state index contributed by atoms with van der Waals surface area (Å²) >= 11 is 0. The van der Waals surface area contributed by atoms with E-state index in [4.69, 9.17) is 14.3 Å². The number of benzene rings is 2. The third-order valence-electron chi connectivity index (χ3n) is 6.31. The van der Waals surface area contributed by atoms with Crippen LogP contribution in [0.2, 0.25) is 0 Å². The zero-order chi connectivity index (χ0) is 28.6. The van der Waals surface area contributed by atoms with Crippen molar-refractivity contribution in [1.82, 2.24) is 15.3 Å². The number of ether oxygens (including phenoxy) is 2. The molecule has 2 aromatic rings. The summed E-state index contributed by atoms with van der Waals surface area (Å²) in [5.74, 6) is -0.918. The molecule has 1 fully saturated rings. The molecule has 0 radical (unpaired) electrons. The molecule has 1 unspecified atom stereocenters. The predicted molar refractivity (Wildman–Crippen MR) is 145 cm³/mol. The fourth-order valence-electron chi connectivity index (χ4n) is 4.14. The van der Waals surface area contributed by atoms with Gasteiger partial charge >= 0.3 is 0 Å². The molecule has 4 rings (SSSR count). The third-order valence-corrected chi connectivity index (χ3v) is 6.31. The molecular weight excluding hydrogens is 508 g/mol. The Labute approximate surface area is 230 Å². The van der Waals surface area contributed by atoms with Crippen molar-refractivity contribution in [3.63, 3.8) is 0 Å². The summed E-state index contributed by atoms with van der Waals surface area (Å²) in [6.45, 7) is 11.6. The van der Waals surface area contributed by atoms with E-state index < -0.39 is 17.7 Å². The Morgan fingerprint density at radius 2 is 1.90 bits per heavy atom. The molecule has 8 nitrogen and oxygen atoms in total. The van der Waals surface area contributed by atoms with Crippen molar-refractivity contribution in [3.05, 3.63) is 64.7 Å². The molecule has 39 heavy (non-hydrogen) atoms. The van der Waals surface area contributed by atoms with E-state index >= 15 is 0 Å². The number of halogens is 2. The maximum absolute atomic E-state index is 14.0. The van der Waals surface area contributed by atoms with Gasteiger partial charge in [0.05, 0.1) is 26.4 Å². The number of hydrogen-bond donors (Lipinski definition) is 1. The second-order valence-electron chi connectivity index (χ2n) is 8.69. The van der Waals surface area contributed by atoms with Crippen LogP contribution in [0.3, 0.4) is 0 Å². The van der Waals surface area contributed by atoms with E-state index in [1.807, 2.05) is 13.8 Å². The molecule has 10 heteroatoms. The molecule has 2 aliphatic heterocycles. The molecule has 0 aliphatic carbocycles. The molecular formula is C29H41F2N3O5. The number of nitrogens with zero attached hydrogens (tertiary/aromatic N) is 2. The average Bonchev–Trinajstić information content (AvgIpc) is 2.98. The van der Waals surface area contributed by atoms with Crippen molar-refractivity contribution in [2.45, 2.75) is 59.4 Å². The molecule has 0 aromatic heterocycles. The molecule has 2 aromatic carbocycles. The van der Waals surface area contributed by atoms with Gasteiger partial charge in [0, 0.05) is 43.8 Å². The van der Waals surface area contributed by atoms with Gasteiger partial charge in [0.2, 0.25) is 5.91 Å². The fraction of sp³-hybridized carbons (Fsp3) is 0.517. The van der Waals surface area contributed by atoms with Crippen molar-refractivity contribution < 1.29 is 32.7 Å². The molecule has 1 atom stereocenters. The molecule has 2 heterocycles. The van der Waals surface area contributed by atoms with Crippen LogP contribution in [-0.2, 0) is 38.9 Å². The maximum Gasteiger partial charge on any atom is 0.239 e. The Morgan fingerprint density at radius 3 is 2.51 bits per heavy atom. The maximum atomic E-state index is 14.0. The lowest BCUT2D eigenvalue weighted by atomic mass is 10.0. The van der Waals surface area contributed by atoms with Crippen LogP contribution in [-0.4, -0.2) is 68.1 Å². The van der Waals surface area contributed by atoms with Gasteiger partial charge in [-0.1, -0.05) is 39.0 Å². The summed E-state index contributed by atoms with van der Waals surface area (Å²) in [7, 11) is 1.51. The zero-order valence-corrected chi connectivity index (χ0v) is 23.4. The number of nitrogens with one attached hydrogen (secondary N) is 1. The molecule has 1 N–H and O–H groups in total. The molecule has 216 valence electrons. The van der Waals surface area contributed by atoms with Gasteiger partial charge in [0.15, 0.2) is 0 Å². The normalized spacial score (nSPS) is 15.9. The van der Waals surface area contributed by atoms with Crippen LogP contribution >= 0.6 is 0 Å². The second-order valence-corrected chi connectivity index (χ2v) is 8.69. The van der Waals surface area contributed by atoms with Gasteiger partial charge in [-0.15, -0.1) is 0 Å². The van der Waals surface area contributed by atoms with Gasteiger partial charge in [-0.25, -0.2) is 8.78 Å². The number of rotatable bonds is 9. The Balaban J connectivity index is 0.000000451. The molecule has 0 saturated carbocycles. The minimum absolute atomic E-state index is 0.0533. The van der Waals surface area contributed by atoms with Gasteiger partial charge in [0.1, 0.15) is 36.3 Å². The Bertz CT molecular complexity index is 1030. The Morgan fingerprint density at radius 1 is 1.18 bits per heavy atom. The highest BCUT2D eigenvalue weighted by Gasteiger charge is 2.31. The van der Waals surface area contributed by atoms with E-state index in [-0.39, 0.29) is 44.3 Å². The van der Waals surface area contributed by atoms with Crippen molar-refractivity contribution in [2.24, 2.45) is 0 Å². The summed E-state index contributed by atoms with van der Waals surface area (Å²) in [6, 6.07) is 8.11. The lowest BCUT2D eigenvalue weighted by Crippen LogP contribution is -2.47. The number of likely N-dealkylation sites (N-methyl/N-ethyl adjacent to an activating group) is 2. The van der Waals surface area contributed by atoms with Gasteiger partial charge < -0.3 is 19.6 Å². The van der Waals surface area contributed by atoms with Crippen molar-refractivity contribution >= 4 is 12.2 Å². The van der Waals surface area contributed by atoms with Crippen molar-refractivity contribution in [2.75, 3.05) is 39.9 Å². The first-order valence-corrected chi connectivity index (χ1v) is 13.5. The summed E-state index contributed by atoms with van der Waals surface area (Å²) < 4.78 is 38.8. The molecule has 0 bridgehead atoms. The van der Waals surface area contributed by atoms with E-state index in [0.29, 0.717) is 16.7 Å². The van der Waals surface area contributed by atoms with Gasteiger partial charge in [-0.3, -0.25) is 14.5 Å². The highest BCUT2D eigenvalue weighted by molar-refractivity contribution is 5.81. The number of morpholine rings is 1. The van der Waals surface area contributed by atoms with Crippen LogP contribution in [0.25, 0.3) is 0 Å². The number of hydrogen-bond acceptors (Lipinski definition) is 7. The summed E-state index contributed by atoms with van der Waals surface area (Å²) in [4.78, 5) is 31.0. The molecule has 1 amide bonds. The lowest BCUT2D eigenvalue weighted by molar-refractivity contribution is -0.214. The second kappa shape index (κ2) is 17.6. The number of amides is 1. The number of carbonyl (C=O) groups excluding carboxylic acids is 2. The van der Waals surface area contributed by atoms with Gasteiger partial charge in [-0.05, 0) is 30.7 Å². The van der Waals surface area contributed by atoms with E-state index in [9.17, 15) is 18.4 Å². The van der Waals surface area contributed by atoms with Gasteiger partial charge in [-0.2, -0.15) is 5.06 Å². The van der Waals surface area contributed by atoms with Crippen molar-refractivity contribution in [1.29, 1.82) is 0 Å². The topological polar surface area (TPSA) is 80.3 Å². The summed E-state index contributed by atoms with van der Waals surface area (Å²) in [5.41, 5.74) is 1.61. The molecule has 1 saturated heterocycles. The standard InChI is InChI=1S/C21H22F2N2O4.C6H13NO.C2H6/c1-24-21(27)19(7-4-8-26)25-11-17-15(13-29-25)9-16(22)10-20(17)28-12-14-5-2-3-6-18(14)23;1-2-7-3-5-8-6-4-7;1-2/h2-3,5-6,8-10,19H,4,7,11-13H2,1H3,(H,24,27);2-6H2,1H3;1-2H3. The average molecular weight is 550 g/mol. The lowest BCUT2D eigenvalue weighted by Gasteiger charge is -2.34. The largest absolute Gasteiger partial charge is 0.488 e. The first-order chi connectivity index (χ1) is 19.0. The first kappa shape index (κ1) is 32.3. The third kappa shape index (κ3) is 9.96. The molecule has 0 spiro atoms. The zero-order valence-electron chi connectivity index (χ0n) is 23.4. The van der Waals surface area contributed by atoms with Crippen molar-refractivity contribution in [3.8, 4) is 5.75 Å². The summed E-state index contributed by atoms with van der Waals surface area (Å²) in [5, 5.41) is 4.03. The van der Waals surface area contributed by atoms with Crippen LogP contribution in [0.5, 0.6) is 5.75 Å². The highest BCUT2D eigenvalue weighted by Crippen LogP contribution is 2.32. The predicted octanol–water partition coefficient (Wildman–Crippen LogP) is 4.25. The summed E-state index contributed by atoms with van der Waals surface area (Å²) in [6.07, 6.45) is 1.22. The Kier molecular flexibility index (Phi) is 14.6.